The topological polar surface area (TPSA) is 94.9 Å². The summed E-state index contributed by atoms with van der Waals surface area (Å²) in [7, 11) is 0. The van der Waals surface area contributed by atoms with Gasteiger partial charge >= 0.3 is 0 Å². The molecular formula is C18H18N4O2. The summed E-state index contributed by atoms with van der Waals surface area (Å²) in [6, 6.07) is 14.0. The van der Waals surface area contributed by atoms with Crippen LogP contribution in [-0.2, 0) is 11.3 Å². The summed E-state index contributed by atoms with van der Waals surface area (Å²) in [5.74, 6) is -0.688. The van der Waals surface area contributed by atoms with E-state index in [1.807, 2.05) is 18.2 Å². The van der Waals surface area contributed by atoms with Gasteiger partial charge in [0.05, 0.1) is 18.3 Å². The molecule has 0 saturated carbocycles. The van der Waals surface area contributed by atoms with Crippen molar-refractivity contribution in [1.82, 2.24) is 10.3 Å². The number of nitriles is 1. The van der Waals surface area contributed by atoms with E-state index in [4.69, 9.17) is 5.26 Å². The Kier molecular flexibility index (Phi) is 5.27. The molecule has 0 bridgehead atoms. The number of amides is 2. The first kappa shape index (κ1) is 17.2. The fraction of sp³-hybridized carbons (Fsp3) is 0.222. The van der Waals surface area contributed by atoms with Crippen LogP contribution in [0, 0.1) is 16.7 Å². The van der Waals surface area contributed by atoms with Crippen molar-refractivity contribution in [1.29, 1.82) is 5.26 Å². The first-order valence-electron chi connectivity index (χ1n) is 7.43. The molecule has 0 aliphatic rings. The molecule has 1 aromatic carbocycles. The molecule has 0 aliphatic heterocycles. The van der Waals surface area contributed by atoms with Crippen LogP contribution in [0.15, 0.2) is 48.7 Å². The number of pyridine rings is 1. The number of hydrogen-bond donors (Lipinski definition) is 2. The maximum absolute atomic E-state index is 12.2. The SMILES string of the molecule is CC(C)(C#N)C(=O)Nc1cccc(C(=O)NCc2ccccn2)c1. The van der Waals surface area contributed by atoms with Gasteiger partial charge in [-0.15, -0.1) is 0 Å². The van der Waals surface area contributed by atoms with Crippen molar-refractivity contribution in [2.75, 3.05) is 5.32 Å². The molecule has 2 rings (SSSR count). The maximum atomic E-state index is 12.2. The number of nitrogens with zero attached hydrogens (tertiary/aromatic N) is 2. The fourth-order valence-electron chi connectivity index (χ4n) is 1.85. The standard InChI is InChI=1S/C18H18N4O2/c1-18(2,12-19)17(24)22-14-8-5-6-13(10-14)16(23)21-11-15-7-3-4-9-20-15/h3-10H,11H2,1-2H3,(H,21,23)(H,22,24). The summed E-state index contributed by atoms with van der Waals surface area (Å²) in [4.78, 5) is 28.4. The molecule has 1 aromatic heterocycles. The molecule has 1 heterocycles. The van der Waals surface area contributed by atoms with Crippen molar-refractivity contribution in [3.8, 4) is 6.07 Å². The summed E-state index contributed by atoms with van der Waals surface area (Å²) in [5.41, 5.74) is 0.496. The second-order valence-electron chi connectivity index (χ2n) is 5.78. The molecule has 0 aliphatic carbocycles. The smallest absolute Gasteiger partial charge is 0.251 e. The molecule has 0 radical (unpaired) electrons. The predicted molar refractivity (Wildman–Crippen MR) is 89.9 cm³/mol. The zero-order valence-corrected chi connectivity index (χ0v) is 13.5. The van der Waals surface area contributed by atoms with E-state index in [9.17, 15) is 9.59 Å². The van der Waals surface area contributed by atoms with Gasteiger partial charge in [0, 0.05) is 17.4 Å². The van der Waals surface area contributed by atoms with E-state index in [0.717, 1.165) is 5.69 Å². The van der Waals surface area contributed by atoms with Crippen molar-refractivity contribution < 1.29 is 9.59 Å². The predicted octanol–water partition coefficient (Wildman–Crippen LogP) is 2.50. The molecular weight excluding hydrogens is 304 g/mol. The van der Waals surface area contributed by atoms with Crippen molar-refractivity contribution in [3.63, 3.8) is 0 Å². The Morgan fingerprint density at radius 2 is 2.00 bits per heavy atom. The molecule has 0 unspecified atom stereocenters. The Balaban J connectivity index is 2.03. The van der Waals surface area contributed by atoms with E-state index in [1.165, 1.54) is 13.8 Å². The van der Waals surface area contributed by atoms with E-state index < -0.39 is 11.3 Å². The highest BCUT2D eigenvalue weighted by Crippen LogP contribution is 2.18. The quantitative estimate of drug-likeness (QED) is 0.884. The van der Waals surface area contributed by atoms with Gasteiger partial charge in [0.15, 0.2) is 0 Å². The van der Waals surface area contributed by atoms with Crippen LogP contribution in [0.1, 0.15) is 29.9 Å². The zero-order chi connectivity index (χ0) is 17.6. The van der Waals surface area contributed by atoms with Gasteiger partial charge in [-0.3, -0.25) is 14.6 Å². The minimum absolute atomic E-state index is 0.267. The number of benzene rings is 1. The molecule has 24 heavy (non-hydrogen) atoms. The zero-order valence-electron chi connectivity index (χ0n) is 13.5. The summed E-state index contributed by atoms with van der Waals surface area (Å²) >= 11 is 0. The molecule has 6 heteroatoms. The van der Waals surface area contributed by atoms with Gasteiger partial charge in [-0.25, -0.2) is 0 Å². The van der Waals surface area contributed by atoms with Crippen molar-refractivity contribution >= 4 is 17.5 Å². The Morgan fingerprint density at radius 3 is 2.67 bits per heavy atom. The van der Waals surface area contributed by atoms with Crippen LogP contribution >= 0.6 is 0 Å². The van der Waals surface area contributed by atoms with Gasteiger partial charge in [0.1, 0.15) is 5.41 Å². The van der Waals surface area contributed by atoms with Gasteiger partial charge < -0.3 is 10.6 Å². The van der Waals surface area contributed by atoms with Gasteiger partial charge in [-0.05, 0) is 44.2 Å². The Hall–Kier alpha value is -3.20. The number of carbonyl (C=O) groups is 2. The normalized spacial score (nSPS) is 10.5. The molecule has 6 nitrogen and oxygen atoms in total. The molecule has 0 saturated heterocycles. The highest BCUT2D eigenvalue weighted by atomic mass is 16.2. The summed E-state index contributed by atoms with van der Waals surface area (Å²) in [6.45, 7) is 3.38. The minimum atomic E-state index is -1.14. The number of carbonyl (C=O) groups excluding carboxylic acids is 2. The lowest BCUT2D eigenvalue weighted by molar-refractivity contribution is -0.121. The molecule has 2 aromatic rings. The third-order valence-corrected chi connectivity index (χ3v) is 3.39. The lowest BCUT2D eigenvalue weighted by Gasteiger charge is -2.15. The lowest BCUT2D eigenvalue weighted by Crippen LogP contribution is -2.29. The fourth-order valence-corrected chi connectivity index (χ4v) is 1.85. The molecule has 2 N–H and O–H groups in total. The number of rotatable bonds is 5. The Labute approximate surface area is 140 Å². The van der Waals surface area contributed by atoms with Crippen LogP contribution in [0.3, 0.4) is 0 Å². The van der Waals surface area contributed by atoms with Gasteiger partial charge in [0.25, 0.3) is 5.91 Å². The summed E-state index contributed by atoms with van der Waals surface area (Å²) in [6.07, 6.45) is 1.66. The van der Waals surface area contributed by atoms with Crippen LogP contribution in [0.2, 0.25) is 0 Å². The van der Waals surface area contributed by atoms with E-state index >= 15 is 0 Å². The van der Waals surface area contributed by atoms with Crippen LogP contribution in [0.5, 0.6) is 0 Å². The highest BCUT2D eigenvalue weighted by molar-refractivity contribution is 5.99. The molecule has 0 atom stereocenters. The third kappa shape index (κ3) is 4.40. The van der Waals surface area contributed by atoms with E-state index in [0.29, 0.717) is 17.8 Å². The number of anilines is 1. The summed E-state index contributed by atoms with van der Waals surface area (Å²) < 4.78 is 0. The van der Waals surface area contributed by atoms with Crippen LogP contribution in [0.4, 0.5) is 5.69 Å². The molecule has 0 fully saturated rings. The number of aromatic nitrogens is 1. The highest BCUT2D eigenvalue weighted by Gasteiger charge is 2.27. The van der Waals surface area contributed by atoms with E-state index in [-0.39, 0.29) is 5.91 Å². The average Bonchev–Trinajstić information content (AvgIpc) is 2.60. The van der Waals surface area contributed by atoms with E-state index in [2.05, 4.69) is 15.6 Å². The number of nitrogens with one attached hydrogen (secondary N) is 2. The monoisotopic (exact) mass is 322 g/mol. The largest absolute Gasteiger partial charge is 0.346 e. The van der Waals surface area contributed by atoms with Crippen molar-refractivity contribution in [3.05, 3.63) is 59.9 Å². The van der Waals surface area contributed by atoms with Crippen molar-refractivity contribution in [2.24, 2.45) is 5.41 Å². The first-order chi connectivity index (χ1) is 11.4. The molecule has 122 valence electrons. The Morgan fingerprint density at radius 1 is 1.21 bits per heavy atom. The molecule has 0 spiro atoms. The third-order valence-electron chi connectivity index (χ3n) is 3.39. The number of hydrogen-bond acceptors (Lipinski definition) is 4. The van der Waals surface area contributed by atoms with Crippen LogP contribution in [-0.4, -0.2) is 16.8 Å². The van der Waals surface area contributed by atoms with Crippen LogP contribution in [0.25, 0.3) is 0 Å². The van der Waals surface area contributed by atoms with Gasteiger partial charge in [-0.1, -0.05) is 12.1 Å². The van der Waals surface area contributed by atoms with E-state index in [1.54, 1.807) is 36.5 Å². The van der Waals surface area contributed by atoms with Crippen LogP contribution < -0.4 is 10.6 Å². The molecule has 2 amide bonds. The Bertz CT molecular complexity index is 779. The second-order valence-corrected chi connectivity index (χ2v) is 5.78. The van der Waals surface area contributed by atoms with Gasteiger partial charge in [0.2, 0.25) is 5.91 Å². The second kappa shape index (κ2) is 7.38. The van der Waals surface area contributed by atoms with Gasteiger partial charge in [-0.2, -0.15) is 5.26 Å². The first-order valence-corrected chi connectivity index (χ1v) is 7.43. The summed E-state index contributed by atoms with van der Waals surface area (Å²) in [5, 5.41) is 14.4. The average molecular weight is 322 g/mol. The lowest BCUT2D eigenvalue weighted by atomic mass is 9.94. The van der Waals surface area contributed by atoms with Crippen molar-refractivity contribution in [2.45, 2.75) is 20.4 Å². The minimum Gasteiger partial charge on any atom is -0.346 e. The maximum Gasteiger partial charge on any atom is 0.251 e.